The number of amides is 1. The van der Waals surface area contributed by atoms with Crippen molar-refractivity contribution in [3.63, 3.8) is 0 Å². The molecule has 118 valence electrons. The lowest BCUT2D eigenvalue weighted by atomic mass is 9.81. The summed E-state index contributed by atoms with van der Waals surface area (Å²) >= 11 is 11.8. The summed E-state index contributed by atoms with van der Waals surface area (Å²) in [6, 6.07) is 7.47. The fourth-order valence-electron chi connectivity index (χ4n) is 2.80. The predicted molar refractivity (Wildman–Crippen MR) is 89.2 cm³/mol. The van der Waals surface area contributed by atoms with E-state index < -0.39 is 5.54 Å². The highest BCUT2D eigenvalue weighted by molar-refractivity contribution is 6.42. The average Bonchev–Trinajstić information content (AvgIpc) is 2.55. The van der Waals surface area contributed by atoms with Gasteiger partial charge in [0, 0.05) is 12.7 Å². The number of carbonyl (C=O) groups is 1. The zero-order valence-electron chi connectivity index (χ0n) is 12.5. The average molecular weight is 340 g/mol. The number of hydrogen-bond donors (Lipinski definition) is 1. The van der Waals surface area contributed by atoms with Gasteiger partial charge in [0.25, 0.3) is 0 Å². The maximum absolute atomic E-state index is 12.4. The molecule has 1 aliphatic rings. The molecular weight excluding hydrogens is 321 g/mol. The molecule has 0 bridgehead atoms. The molecule has 1 N–H and O–H groups in total. The van der Waals surface area contributed by atoms with Crippen molar-refractivity contribution in [3.8, 4) is 6.07 Å². The summed E-state index contributed by atoms with van der Waals surface area (Å²) in [5.74, 6) is -0.102. The molecule has 22 heavy (non-hydrogen) atoms. The van der Waals surface area contributed by atoms with Crippen LogP contribution in [0.15, 0.2) is 18.2 Å². The molecule has 0 aromatic heterocycles. The van der Waals surface area contributed by atoms with Gasteiger partial charge >= 0.3 is 0 Å². The van der Waals surface area contributed by atoms with E-state index in [1.807, 2.05) is 0 Å². The summed E-state index contributed by atoms with van der Waals surface area (Å²) in [6.45, 7) is 0.123. The van der Waals surface area contributed by atoms with E-state index in [4.69, 9.17) is 23.2 Å². The Bertz CT molecular complexity index is 592. The van der Waals surface area contributed by atoms with Gasteiger partial charge in [-0.25, -0.2) is 0 Å². The molecule has 1 saturated carbocycles. The van der Waals surface area contributed by atoms with Crippen LogP contribution in [-0.2, 0) is 4.79 Å². The SMILES string of the molecule is CN(C(=O)CNc1ccc(Cl)c(Cl)c1)C1(C#N)CCCCC1. The van der Waals surface area contributed by atoms with Gasteiger partial charge in [-0.15, -0.1) is 0 Å². The molecule has 0 atom stereocenters. The van der Waals surface area contributed by atoms with Gasteiger partial charge in [-0.05, 0) is 31.0 Å². The lowest BCUT2D eigenvalue weighted by Gasteiger charge is -2.39. The topological polar surface area (TPSA) is 56.1 Å². The first-order valence-corrected chi connectivity index (χ1v) is 8.11. The number of benzene rings is 1. The van der Waals surface area contributed by atoms with Crippen molar-refractivity contribution in [1.29, 1.82) is 5.26 Å². The molecule has 0 aliphatic heterocycles. The van der Waals surface area contributed by atoms with Crippen LogP contribution < -0.4 is 5.32 Å². The number of nitriles is 1. The summed E-state index contributed by atoms with van der Waals surface area (Å²) in [4.78, 5) is 14.0. The van der Waals surface area contributed by atoms with Crippen LogP contribution in [0.3, 0.4) is 0 Å². The Morgan fingerprint density at radius 2 is 2.00 bits per heavy atom. The number of likely N-dealkylation sites (N-methyl/N-ethyl adjacent to an activating group) is 1. The van der Waals surface area contributed by atoms with Crippen LogP contribution in [-0.4, -0.2) is 29.9 Å². The van der Waals surface area contributed by atoms with Gasteiger partial charge in [0.15, 0.2) is 0 Å². The Morgan fingerprint density at radius 1 is 1.32 bits per heavy atom. The summed E-state index contributed by atoms with van der Waals surface area (Å²) in [7, 11) is 1.72. The minimum atomic E-state index is -0.658. The van der Waals surface area contributed by atoms with Gasteiger partial charge in [0.2, 0.25) is 5.91 Å². The molecule has 1 aromatic carbocycles. The van der Waals surface area contributed by atoms with Crippen LogP contribution in [0, 0.1) is 11.3 Å². The molecule has 1 aromatic rings. The Balaban J connectivity index is 1.99. The normalized spacial score (nSPS) is 16.6. The van der Waals surface area contributed by atoms with E-state index in [1.54, 1.807) is 30.1 Å². The van der Waals surface area contributed by atoms with Gasteiger partial charge in [-0.1, -0.05) is 42.5 Å². The summed E-state index contributed by atoms with van der Waals surface area (Å²) < 4.78 is 0. The van der Waals surface area contributed by atoms with Crippen LogP contribution in [0.25, 0.3) is 0 Å². The molecule has 6 heteroatoms. The maximum atomic E-state index is 12.4. The van der Waals surface area contributed by atoms with Crippen molar-refractivity contribution >= 4 is 34.8 Å². The Labute approximate surface area is 141 Å². The largest absolute Gasteiger partial charge is 0.376 e. The molecule has 0 radical (unpaired) electrons. The highest BCUT2D eigenvalue weighted by Gasteiger charge is 2.38. The minimum Gasteiger partial charge on any atom is -0.376 e. The second-order valence-electron chi connectivity index (χ2n) is 5.64. The number of halogens is 2. The molecule has 1 fully saturated rings. The summed E-state index contributed by atoms with van der Waals surface area (Å²) in [5.41, 5.74) is 0.0695. The van der Waals surface area contributed by atoms with E-state index in [1.165, 1.54) is 0 Å². The third-order valence-electron chi connectivity index (χ3n) is 4.27. The standard InChI is InChI=1S/C16H19Cl2N3O/c1-21(16(11-19)7-3-2-4-8-16)15(22)10-20-12-5-6-13(17)14(18)9-12/h5-6,9,20H,2-4,7-8,10H2,1H3. The molecule has 1 aliphatic carbocycles. The van der Waals surface area contributed by atoms with E-state index >= 15 is 0 Å². The molecule has 0 saturated heterocycles. The highest BCUT2D eigenvalue weighted by Crippen LogP contribution is 2.32. The van der Waals surface area contributed by atoms with Crippen molar-refractivity contribution in [2.45, 2.75) is 37.6 Å². The fourth-order valence-corrected chi connectivity index (χ4v) is 3.10. The van der Waals surface area contributed by atoms with Gasteiger partial charge in [-0.2, -0.15) is 5.26 Å². The fraction of sp³-hybridized carbons (Fsp3) is 0.500. The monoisotopic (exact) mass is 339 g/mol. The first-order valence-electron chi connectivity index (χ1n) is 7.35. The van der Waals surface area contributed by atoms with Crippen LogP contribution >= 0.6 is 23.2 Å². The lowest BCUT2D eigenvalue weighted by Crippen LogP contribution is -2.51. The highest BCUT2D eigenvalue weighted by atomic mass is 35.5. The predicted octanol–water partition coefficient (Wildman–Crippen LogP) is 4.09. The molecule has 1 amide bonds. The van der Waals surface area contributed by atoms with Crippen molar-refractivity contribution in [2.24, 2.45) is 0 Å². The van der Waals surface area contributed by atoms with E-state index in [0.717, 1.165) is 37.8 Å². The van der Waals surface area contributed by atoms with Crippen molar-refractivity contribution in [1.82, 2.24) is 4.90 Å². The number of anilines is 1. The molecular formula is C16H19Cl2N3O. The quantitative estimate of drug-likeness (QED) is 0.898. The third-order valence-corrected chi connectivity index (χ3v) is 5.01. The number of carbonyl (C=O) groups excluding carboxylic acids is 1. The van der Waals surface area contributed by atoms with Crippen LogP contribution in [0.4, 0.5) is 5.69 Å². The van der Waals surface area contributed by atoms with Crippen LogP contribution in [0.2, 0.25) is 10.0 Å². The summed E-state index contributed by atoms with van der Waals surface area (Å²) in [6.07, 6.45) is 4.61. The second-order valence-corrected chi connectivity index (χ2v) is 6.45. The van der Waals surface area contributed by atoms with Crippen LogP contribution in [0.1, 0.15) is 32.1 Å². The maximum Gasteiger partial charge on any atom is 0.242 e. The van der Waals surface area contributed by atoms with Gasteiger partial charge in [-0.3, -0.25) is 4.79 Å². The second kappa shape index (κ2) is 7.21. The first-order chi connectivity index (χ1) is 10.5. The molecule has 4 nitrogen and oxygen atoms in total. The van der Waals surface area contributed by atoms with Gasteiger partial charge in [0.1, 0.15) is 5.54 Å². The van der Waals surface area contributed by atoms with Crippen molar-refractivity contribution in [2.75, 3.05) is 18.9 Å². The minimum absolute atomic E-state index is 0.102. The van der Waals surface area contributed by atoms with Gasteiger partial charge < -0.3 is 10.2 Å². The van der Waals surface area contributed by atoms with Crippen LogP contribution in [0.5, 0.6) is 0 Å². The zero-order chi connectivity index (χ0) is 16.2. The molecule has 2 rings (SSSR count). The van der Waals surface area contributed by atoms with Crippen molar-refractivity contribution < 1.29 is 4.79 Å². The number of nitrogens with zero attached hydrogens (tertiary/aromatic N) is 2. The first kappa shape index (κ1) is 16.9. The van der Waals surface area contributed by atoms with E-state index in [2.05, 4.69) is 11.4 Å². The van der Waals surface area contributed by atoms with E-state index in [9.17, 15) is 10.1 Å². The Kier molecular flexibility index (Phi) is 5.55. The molecule has 0 heterocycles. The smallest absolute Gasteiger partial charge is 0.242 e. The molecule has 0 spiro atoms. The Hall–Kier alpha value is -1.44. The Morgan fingerprint density at radius 3 is 2.59 bits per heavy atom. The molecule has 0 unspecified atom stereocenters. The van der Waals surface area contributed by atoms with E-state index in [0.29, 0.717) is 10.0 Å². The zero-order valence-corrected chi connectivity index (χ0v) is 14.0. The third kappa shape index (κ3) is 3.66. The van der Waals surface area contributed by atoms with Gasteiger partial charge in [0.05, 0.1) is 22.7 Å². The lowest BCUT2D eigenvalue weighted by molar-refractivity contribution is -0.132. The number of nitrogens with one attached hydrogen (secondary N) is 1. The van der Waals surface area contributed by atoms with E-state index in [-0.39, 0.29) is 12.5 Å². The van der Waals surface area contributed by atoms with Crippen molar-refractivity contribution in [3.05, 3.63) is 28.2 Å². The summed E-state index contributed by atoms with van der Waals surface area (Å²) in [5, 5.41) is 13.5. The number of hydrogen-bond acceptors (Lipinski definition) is 3. The number of rotatable bonds is 4.